The first kappa shape index (κ1) is 15.0. The molecule has 8 heteroatoms. The van der Waals surface area contributed by atoms with Crippen molar-refractivity contribution in [1.82, 2.24) is 14.8 Å². The van der Waals surface area contributed by atoms with Crippen LogP contribution in [0.1, 0.15) is 10.4 Å². The third kappa shape index (κ3) is 3.57. The fraction of sp³-hybridized carbons (Fsp3) is 0.500. The molecule has 1 fully saturated rings. The number of nitrogens with zero attached hydrogens (tertiary/aromatic N) is 3. The van der Waals surface area contributed by atoms with Gasteiger partial charge in [-0.1, -0.05) is 11.6 Å². The fourth-order valence-electron chi connectivity index (χ4n) is 2.19. The van der Waals surface area contributed by atoms with Gasteiger partial charge in [0.05, 0.1) is 6.61 Å². The number of nitrogen functional groups attached to an aromatic ring is 1. The molecule has 2 rings (SSSR count). The highest BCUT2D eigenvalue weighted by Crippen LogP contribution is 2.16. The molecule has 1 aliphatic heterocycles. The van der Waals surface area contributed by atoms with E-state index >= 15 is 0 Å². The van der Waals surface area contributed by atoms with Crippen molar-refractivity contribution in [3.63, 3.8) is 0 Å². The number of carbonyl (C=O) groups excluding carboxylic acids is 1. The number of nitrogens with two attached hydrogens (primary N) is 1. The zero-order valence-electron chi connectivity index (χ0n) is 11.0. The number of β-amino-alcohol motifs (C(OH)–C–C–N with tert-alkyl or cyclic N) is 1. The van der Waals surface area contributed by atoms with E-state index in [-0.39, 0.29) is 17.7 Å². The maximum absolute atomic E-state index is 12.4. The number of pyridine rings is 1. The number of amides is 1. The van der Waals surface area contributed by atoms with Crippen LogP contribution in [0.3, 0.4) is 0 Å². The molecule has 1 saturated heterocycles. The molecule has 110 valence electrons. The Labute approximate surface area is 122 Å². The average Bonchev–Trinajstić information content (AvgIpc) is 2.47. The summed E-state index contributed by atoms with van der Waals surface area (Å²) in [6.07, 6.45) is 0. The van der Waals surface area contributed by atoms with E-state index in [9.17, 15) is 4.79 Å². The van der Waals surface area contributed by atoms with Crippen LogP contribution in [-0.2, 0) is 0 Å². The van der Waals surface area contributed by atoms with E-state index in [4.69, 9.17) is 22.6 Å². The molecule has 0 aromatic carbocycles. The van der Waals surface area contributed by atoms with Crippen LogP contribution in [0, 0.1) is 0 Å². The SMILES string of the molecule is NNc1cc(C(=O)N2CCN(CCO)CC2)cc(Cl)n1. The van der Waals surface area contributed by atoms with Gasteiger partial charge in [0.1, 0.15) is 11.0 Å². The lowest BCUT2D eigenvalue weighted by molar-refractivity contribution is 0.0615. The Kier molecular flexibility index (Phi) is 5.13. The van der Waals surface area contributed by atoms with Crippen LogP contribution in [0.2, 0.25) is 5.15 Å². The molecule has 1 aliphatic rings. The largest absolute Gasteiger partial charge is 0.395 e. The van der Waals surface area contributed by atoms with Crippen LogP contribution in [0.25, 0.3) is 0 Å². The number of nitrogens with one attached hydrogen (secondary N) is 1. The van der Waals surface area contributed by atoms with Gasteiger partial charge in [-0.3, -0.25) is 9.69 Å². The molecule has 1 aromatic rings. The number of rotatable bonds is 4. The molecule has 0 spiro atoms. The van der Waals surface area contributed by atoms with E-state index < -0.39 is 0 Å². The summed E-state index contributed by atoms with van der Waals surface area (Å²) in [5, 5.41) is 9.12. The van der Waals surface area contributed by atoms with Gasteiger partial charge < -0.3 is 15.4 Å². The molecule has 0 unspecified atom stereocenters. The highest BCUT2D eigenvalue weighted by atomic mass is 35.5. The number of hydrogen-bond donors (Lipinski definition) is 3. The Hall–Kier alpha value is -1.41. The smallest absolute Gasteiger partial charge is 0.254 e. The van der Waals surface area contributed by atoms with Crippen LogP contribution in [0.4, 0.5) is 5.82 Å². The topological polar surface area (TPSA) is 94.7 Å². The lowest BCUT2D eigenvalue weighted by atomic mass is 10.2. The van der Waals surface area contributed by atoms with E-state index in [1.807, 2.05) is 0 Å². The Morgan fingerprint density at radius 1 is 1.40 bits per heavy atom. The molecule has 1 amide bonds. The lowest BCUT2D eigenvalue weighted by Gasteiger charge is -2.34. The minimum Gasteiger partial charge on any atom is -0.395 e. The summed E-state index contributed by atoms with van der Waals surface area (Å²) in [5.41, 5.74) is 2.85. The maximum atomic E-state index is 12.4. The fourth-order valence-corrected chi connectivity index (χ4v) is 2.40. The van der Waals surface area contributed by atoms with Crippen LogP contribution >= 0.6 is 11.6 Å². The highest BCUT2D eigenvalue weighted by molar-refractivity contribution is 6.29. The molecular weight excluding hydrogens is 282 g/mol. The Balaban J connectivity index is 2.03. The second-order valence-electron chi connectivity index (χ2n) is 4.57. The molecule has 1 aromatic heterocycles. The minimum absolute atomic E-state index is 0.0885. The van der Waals surface area contributed by atoms with Crippen LogP contribution in [-0.4, -0.2) is 65.1 Å². The first-order valence-corrected chi connectivity index (χ1v) is 6.78. The first-order chi connectivity index (χ1) is 9.63. The molecule has 20 heavy (non-hydrogen) atoms. The van der Waals surface area contributed by atoms with Crippen molar-refractivity contribution >= 4 is 23.3 Å². The summed E-state index contributed by atoms with van der Waals surface area (Å²) in [4.78, 5) is 20.2. The van der Waals surface area contributed by atoms with E-state index in [0.29, 0.717) is 31.0 Å². The quantitative estimate of drug-likeness (QED) is 0.404. The van der Waals surface area contributed by atoms with Crippen LogP contribution < -0.4 is 11.3 Å². The zero-order valence-corrected chi connectivity index (χ0v) is 11.8. The highest BCUT2D eigenvalue weighted by Gasteiger charge is 2.22. The molecular formula is C12H18ClN5O2. The van der Waals surface area contributed by atoms with E-state index in [1.165, 1.54) is 6.07 Å². The van der Waals surface area contributed by atoms with Gasteiger partial charge in [-0.05, 0) is 12.1 Å². The number of hydrogen-bond acceptors (Lipinski definition) is 6. The zero-order chi connectivity index (χ0) is 14.5. The molecule has 0 saturated carbocycles. The normalized spacial score (nSPS) is 16.2. The molecule has 0 aliphatic carbocycles. The Morgan fingerprint density at radius 3 is 2.70 bits per heavy atom. The molecule has 4 N–H and O–H groups in total. The van der Waals surface area contributed by atoms with Crippen LogP contribution in [0.15, 0.2) is 12.1 Å². The standard InChI is InChI=1S/C12H18ClN5O2/c13-10-7-9(8-11(15-10)16-14)12(20)18-3-1-17(2-4-18)5-6-19/h7-8,19H,1-6,14H2,(H,15,16). The second-order valence-corrected chi connectivity index (χ2v) is 4.95. The molecule has 0 atom stereocenters. The Morgan fingerprint density at radius 2 is 2.10 bits per heavy atom. The minimum atomic E-state index is -0.0885. The number of hydrazine groups is 1. The predicted molar refractivity (Wildman–Crippen MR) is 76.5 cm³/mol. The summed E-state index contributed by atoms with van der Waals surface area (Å²) in [7, 11) is 0. The third-order valence-electron chi connectivity index (χ3n) is 3.26. The van der Waals surface area contributed by atoms with Gasteiger partial charge in [-0.2, -0.15) is 0 Å². The summed E-state index contributed by atoms with van der Waals surface area (Å²) < 4.78 is 0. The summed E-state index contributed by atoms with van der Waals surface area (Å²) in [6, 6.07) is 3.11. The first-order valence-electron chi connectivity index (χ1n) is 6.40. The number of aliphatic hydroxyl groups is 1. The number of carbonyl (C=O) groups is 1. The molecule has 0 radical (unpaired) electrons. The van der Waals surface area contributed by atoms with Crippen LogP contribution in [0.5, 0.6) is 0 Å². The van der Waals surface area contributed by atoms with Gasteiger partial charge in [0.2, 0.25) is 0 Å². The van der Waals surface area contributed by atoms with E-state index in [0.717, 1.165) is 13.1 Å². The monoisotopic (exact) mass is 299 g/mol. The van der Waals surface area contributed by atoms with Crippen molar-refractivity contribution in [3.8, 4) is 0 Å². The summed E-state index contributed by atoms with van der Waals surface area (Å²) >= 11 is 5.86. The Bertz CT molecular complexity index is 477. The van der Waals surface area contributed by atoms with Gasteiger partial charge in [-0.15, -0.1) is 0 Å². The summed E-state index contributed by atoms with van der Waals surface area (Å²) in [5.74, 6) is 5.56. The van der Waals surface area contributed by atoms with E-state index in [1.54, 1.807) is 11.0 Å². The van der Waals surface area contributed by atoms with Crippen molar-refractivity contribution in [2.24, 2.45) is 5.84 Å². The number of piperazine rings is 1. The number of aliphatic hydroxyl groups excluding tert-OH is 1. The van der Waals surface area contributed by atoms with E-state index in [2.05, 4.69) is 15.3 Å². The number of anilines is 1. The summed E-state index contributed by atoms with van der Waals surface area (Å²) in [6.45, 7) is 3.55. The van der Waals surface area contributed by atoms with Crippen molar-refractivity contribution in [2.45, 2.75) is 0 Å². The third-order valence-corrected chi connectivity index (χ3v) is 3.46. The van der Waals surface area contributed by atoms with Gasteiger partial charge >= 0.3 is 0 Å². The van der Waals surface area contributed by atoms with Gasteiger partial charge in [0.25, 0.3) is 5.91 Å². The van der Waals surface area contributed by atoms with Crippen molar-refractivity contribution in [3.05, 3.63) is 22.8 Å². The number of aromatic nitrogens is 1. The van der Waals surface area contributed by atoms with Gasteiger partial charge in [-0.25, -0.2) is 10.8 Å². The maximum Gasteiger partial charge on any atom is 0.254 e. The second kappa shape index (κ2) is 6.85. The molecule has 0 bridgehead atoms. The van der Waals surface area contributed by atoms with Gasteiger partial charge in [0, 0.05) is 38.3 Å². The predicted octanol–water partition coefficient (Wildman–Crippen LogP) is -0.229. The number of halogens is 1. The average molecular weight is 300 g/mol. The van der Waals surface area contributed by atoms with Gasteiger partial charge in [0.15, 0.2) is 0 Å². The lowest BCUT2D eigenvalue weighted by Crippen LogP contribution is -2.49. The van der Waals surface area contributed by atoms with Crippen molar-refractivity contribution < 1.29 is 9.90 Å². The molecule has 7 nitrogen and oxygen atoms in total. The molecule has 2 heterocycles. The van der Waals surface area contributed by atoms with Crippen molar-refractivity contribution in [1.29, 1.82) is 0 Å². The van der Waals surface area contributed by atoms with Crippen molar-refractivity contribution in [2.75, 3.05) is 44.8 Å².